The van der Waals surface area contributed by atoms with Gasteiger partial charge in [-0.1, -0.05) is 0 Å². The predicted octanol–water partition coefficient (Wildman–Crippen LogP) is -1.53. The van der Waals surface area contributed by atoms with Gasteiger partial charge in [0.15, 0.2) is 11.9 Å². The van der Waals surface area contributed by atoms with E-state index in [1.807, 2.05) is 0 Å². The minimum atomic E-state index is -2.32. The van der Waals surface area contributed by atoms with Crippen molar-refractivity contribution in [1.29, 1.82) is 0 Å². The second-order valence-electron chi connectivity index (χ2n) is 3.52. The zero-order valence-electron chi connectivity index (χ0n) is 8.17. The third-order valence-electron chi connectivity index (χ3n) is 1.97. The highest BCUT2D eigenvalue weighted by Gasteiger charge is 2.43. The van der Waals surface area contributed by atoms with Gasteiger partial charge in [0.1, 0.15) is 11.5 Å². The predicted molar refractivity (Wildman–Crippen MR) is 46.1 cm³/mol. The normalized spacial score (nSPS) is 15.5. The van der Waals surface area contributed by atoms with Crippen molar-refractivity contribution in [2.24, 2.45) is 5.41 Å². The number of rotatable bonds is 5. The molecule has 0 saturated heterocycles. The molecule has 86 valence electrons. The van der Waals surface area contributed by atoms with E-state index in [1.165, 1.54) is 0 Å². The molecule has 0 radical (unpaired) electrons. The van der Waals surface area contributed by atoms with Crippen LogP contribution in [-0.4, -0.2) is 50.4 Å². The monoisotopic (exact) mass is 220 g/mol. The molecule has 0 aliphatic heterocycles. The Morgan fingerprint density at radius 3 is 1.67 bits per heavy atom. The number of aliphatic carboxylic acids is 2. The number of aliphatic hydroxyl groups is 2. The summed E-state index contributed by atoms with van der Waals surface area (Å²) in [5.74, 6) is -4.56. The van der Waals surface area contributed by atoms with E-state index in [0.29, 0.717) is 0 Å². The number of carboxylic acids is 2. The Morgan fingerprint density at radius 2 is 1.40 bits per heavy atom. The molecule has 7 nitrogen and oxygen atoms in total. The van der Waals surface area contributed by atoms with Crippen LogP contribution in [0.3, 0.4) is 0 Å². The largest absolute Gasteiger partial charge is 0.481 e. The third-order valence-corrected chi connectivity index (χ3v) is 1.97. The van der Waals surface area contributed by atoms with E-state index >= 15 is 0 Å². The quantitative estimate of drug-likeness (QED) is 0.413. The molecule has 0 rings (SSSR count). The van der Waals surface area contributed by atoms with Crippen LogP contribution >= 0.6 is 0 Å². The summed E-state index contributed by atoms with van der Waals surface area (Å²) in [4.78, 5) is 32.1. The molecule has 15 heavy (non-hydrogen) atoms. The van der Waals surface area contributed by atoms with Gasteiger partial charge < -0.3 is 20.4 Å². The van der Waals surface area contributed by atoms with E-state index in [0.717, 1.165) is 13.8 Å². The SMILES string of the molecule is CC(C)(C(=O)O)C(=O)[C@@H](O)C(O)C(=O)O. The summed E-state index contributed by atoms with van der Waals surface area (Å²) in [6.07, 6.45) is -4.58. The molecule has 7 heteroatoms. The summed E-state index contributed by atoms with van der Waals surface area (Å²) in [6.45, 7) is 2.02. The zero-order chi connectivity index (χ0) is 12.4. The number of aliphatic hydroxyl groups excluding tert-OH is 2. The van der Waals surface area contributed by atoms with Gasteiger partial charge in [0.2, 0.25) is 0 Å². The number of Topliss-reactive ketones (excluding diaryl/α,β-unsaturated/α-hetero) is 1. The van der Waals surface area contributed by atoms with E-state index < -0.39 is 35.3 Å². The van der Waals surface area contributed by atoms with Gasteiger partial charge in [-0.15, -0.1) is 0 Å². The average molecular weight is 220 g/mol. The van der Waals surface area contributed by atoms with Crippen molar-refractivity contribution in [2.45, 2.75) is 26.1 Å². The molecule has 0 aromatic heterocycles. The second-order valence-corrected chi connectivity index (χ2v) is 3.52. The van der Waals surface area contributed by atoms with Gasteiger partial charge in [-0.25, -0.2) is 4.79 Å². The molecule has 0 heterocycles. The molecule has 0 bridgehead atoms. The van der Waals surface area contributed by atoms with E-state index in [4.69, 9.17) is 20.4 Å². The Kier molecular flexibility index (Phi) is 3.94. The molecule has 0 spiro atoms. The molecule has 0 aromatic carbocycles. The first-order valence-corrected chi connectivity index (χ1v) is 3.99. The van der Waals surface area contributed by atoms with E-state index in [-0.39, 0.29) is 0 Å². The molecular formula is C8H12O7. The van der Waals surface area contributed by atoms with Crippen LogP contribution in [0.25, 0.3) is 0 Å². The van der Waals surface area contributed by atoms with Gasteiger partial charge in [0.25, 0.3) is 0 Å². The zero-order valence-corrected chi connectivity index (χ0v) is 8.17. The Balaban J connectivity index is 4.87. The van der Waals surface area contributed by atoms with Crippen LogP contribution in [0.4, 0.5) is 0 Å². The molecule has 0 aliphatic carbocycles. The van der Waals surface area contributed by atoms with Gasteiger partial charge in [-0.2, -0.15) is 0 Å². The molecule has 4 N–H and O–H groups in total. The van der Waals surface area contributed by atoms with Crippen LogP contribution in [0.2, 0.25) is 0 Å². The Bertz CT molecular complexity index is 293. The first-order chi connectivity index (χ1) is 6.62. The highest BCUT2D eigenvalue weighted by atomic mass is 16.4. The van der Waals surface area contributed by atoms with Crippen LogP contribution in [-0.2, 0) is 14.4 Å². The van der Waals surface area contributed by atoms with Gasteiger partial charge in [-0.3, -0.25) is 9.59 Å². The maximum atomic E-state index is 11.3. The molecular weight excluding hydrogens is 208 g/mol. The molecule has 0 saturated carbocycles. The summed E-state index contributed by atoms with van der Waals surface area (Å²) in [6, 6.07) is 0. The lowest BCUT2D eigenvalue weighted by molar-refractivity contribution is -0.166. The van der Waals surface area contributed by atoms with E-state index in [2.05, 4.69) is 0 Å². The number of hydrogen-bond donors (Lipinski definition) is 4. The van der Waals surface area contributed by atoms with Crippen LogP contribution < -0.4 is 0 Å². The minimum Gasteiger partial charge on any atom is -0.481 e. The standard InChI is InChI=1S/C8H12O7/c1-8(2,7(14)15)5(11)3(9)4(10)6(12)13/h3-4,9-10H,1-2H3,(H,12,13)(H,14,15)/t3-,4?/m0/s1. The van der Waals surface area contributed by atoms with Crippen molar-refractivity contribution in [3.63, 3.8) is 0 Å². The number of ketones is 1. The van der Waals surface area contributed by atoms with Crippen LogP contribution in [0, 0.1) is 5.41 Å². The molecule has 2 atom stereocenters. The van der Waals surface area contributed by atoms with Gasteiger partial charge >= 0.3 is 11.9 Å². The second kappa shape index (κ2) is 4.37. The van der Waals surface area contributed by atoms with Crippen LogP contribution in [0.1, 0.15) is 13.8 Å². The molecule has 0 amide bonds. The van der Waals surface area contributed by atoms with Crippen molar-refractivity contribution >= 4 is 17.7 Å². The summed E-state index contributed by atoms with van der Waals surface area (Å²) in [7, 11) is 0. The van der Waals surface area contributed by atoms with Crippen molar-refractivity contribution < 1.29 is 34.8 Å². The Morgan fingerprint density at radius 1 is 1.00 bits per heavy atom. The van der Waals surface area contributed by atoms with Gasteiger partial charge in [0, 0.05) is 0 Å². The molecule has 0 aliphatic rings. The van der Waals surface area contributed by atoms with E-state index in [9.17, 15) is 14.4 Å². The molecule has 0 fully saturated rings. The fraction of sp³-hybridized carbons (Fsp3) is 0.625. The molecule has 1 unspecified atom stereocenters. The summed E-state index contributed by atoms with van der Waals surface area (Å²) < 4.78 is 0. The molecule has 0 aromatic rings. The van der Waals surface area contributed by atoms with Crippen LogP contribution in [0.15, 0.2) is 0 Å². The van der Waals surface area contributed by atoms with Crippen molar-refractivity contribution in [1.82, 2.24) is 0 Å². The minimum absolute atomic E-state index is 1.01. The summed E-state index contributed by atoms with van der Waals surface area (Å²) in [5, 5.41) is 34.9. The maximum absolute atomic E-state index is 11.3. The number of hydrogen-bond acceptors (Lipinski definition) is 5. The highest BCUT2D eigenvalue weighted by Crippen LogP contribution is 2.20. The third kappa shape index (κ3) is 2.74. The number of carboxylic acid groups (broad SMARTS) is 2. The topological polar surface area (TPSA) is 132 Å². The summed E-state index contributed by atoms with van der Waals surface area (Å²) >= 11 is 0. The highest BCUT2D eigenvalue weighted by molar-refractivity contribution is 6.05. The summed E-state index contributed by atoms with van der Waals surface area (Å²) in [5.41, 5.74) is -1.95. The maximum Gasteiger partial charge on any atom is 0.335 e. The van der Waals surface area contributed by atoms with Gasteiger partial charge in [0.05, 0.1) is 0 Å². The van der Waals surface area contributed by atoms with Crippen molar-refractivity contribution in [3.05, 3.63) is 0 Å². The fourth-order valence-electron chi connectivity index (χ4n) is 0.754. The Labute approximate surface area is 85.0 Å². The Hall–Kier alpha value is -1.47. The van der Waals surface area contributed by atoms with Crippen LogP contribution in [0.5, 0.6) is 0 Å². The average Bonchev–Trinajstić information content (AvgIpc) is 2.13. The van der Waals surface area contributed by atoms with Crippen molar-refractivity contribution in [3.8, 4) is 0 Å². The fourth-order valence-corrected chi connectivity index (χ4v) is 0.754. The van der Waals surface area contributed by atoms with Crippen molar-refractivity contribution in [2.75, 3.05) is 0 Å². The number of carbonyl (C=O) groups excluding carboxylic acids is 1. The first kappa shape index (κ1) is 13.5. The number of carbonyl (C=O) groups is 3. The lowest BCUT2D eigenvalue weighted by Crippen LogP contribution is -2.48. The first-order valence-electron chi connectivity index (χ1n) is 3.99. The lowest BCUT2D eigenvalue weighted by atomic mass is 9.84. The lowest BCUT2D eigenvalue weighted by Gasteiger charge is -2.22. The van der Waals surface area contributed by atoms with E-state index in [1.54, 1.807) is 0 Å². The van der Waals surface area contributed by atoms with Gasteiger partial charge in [-0.05, 0) is 13.8 Å². The smallest absolute Gasteiger partial charge is 0.335 e.